The molecule has 3 amide bonds. The number of fused-ring (bicyclic) bond motifs is 1. The second-order valence-electron chi connectivity index (χ2n) is 15.0. The number of nitrogens with one attached hydrogen (secondary N) is 4. The Hall–Kier alpha value is -3.75. The number of nitrogens with zero attached hydrogens (tertiary/aromatic N) is 5. The van der Waals surface area contributed by atoms with Crippen molar-refractivity contribution in [1.29, 1.82) is 0 Å². The van der Waals surface area contributed by atoms with Crippen LogP contribution < -0.4 is 16.0 Å². The molecule has 0 saturated carbocycles. The van der Waals surface area contributed by atoms with Gasteiger partial charge in [0, 0.05) is 37.0 Å². The Labute approximate surface area is 318 Å². The first-order valence-electron chi connectivity index (χ1n) is 19.7. The number of hydrogen-bond acceptors (Lipinski definition) is 10. The number of ether oxygens (including phenoxy) is 1. The smallest absolute Gasteiger partial charge is 0.270 e. The molecule has 14 heteroatoms. The zero-order valence-electron chi connectivity index (χ0n) is 32.3. The van der Waals surface area contributed by atoms with Crippen molar-refractivity contribution in [3.63, 3.8) is 0 Å². The van der Waals surface area contributed by atoms with Crippen molar-refractivity contribution < 1.29 is 19.1 Å². The Balaban J connectivity index is 1.32. The summed E-state index contributed by atoms with van der Waals surface area (Å²) in [5, 5.41) is 27.1. The van der Waals surface area contributed by atoms with Crippen LogP contribution in [0.4, 0.5) is 0 Å². The molecule has 5 rings (SSSR count). The molecule has 2 aromatic heterocycles. The van der Waals surface area contributed by atoms with Gasteiger partial charge in [-0.05, 0) is 68.0 Å². The molecule has 0 bridgehead atoms. The summed E-state index contributed by atoms with van der Waals surface area (Å²) in [5.41, 5.74) is 2.65. The van der Waals surface area contributed by atoms with E-state index >= 15 is 0 Å². The summed E-state index contributed by atoms with van der Waals surface area (Å²) < 4.78 is 6.45. The number of piperidine rings is 1. The lowest BCUT2D eigenvalue weighted by Crippen LogP contribution is -2.58. The minimum Gasteiger partial charge on any atom is -0.371 e. The average molecular weight is 750 g/mol. The number of H-pyrrole nitrogens is 1. The average Bonchev–Trinajstić information content (AvgIpc) is 3.90. The van der Waals surface area contributed by atoms with Gasteiger partial charge in [0.25, 0.3) is 5.91 Å². The van der Waals surface area contributed by atoms with Crippen LogP contribution in [0.15, 0.2) is 29.6 Å². The minimum atomic E-state index is -0.624. The third kappa shape index (κ3) is 10.3. The van der Waals surface area contributed by atoms with Gasteiger partial charge in [0.2, 0.25) is 11.8 Å². The summed E-state index contributed by atoms with van der Waals surface area (Å²) in [6.45, 7) is 14.4. The normalized spacial score (nSPS) is 20.9. The summed E-state index contributed by atoms with van der Waals surface area (Å²) in [5.74, 6) is 0.219. The van der Waals surface area contributed by atoms with E-state index in [1.165, 1.54) is 11.3 Å². The molecule has 1 fully saturated rings. The van der Waals surface area contributed by atoms with Crippen molar-refractivity contribution in [2.75, 3.05) is 19.7 Å². The van der Waals surface area contributed by atoms with Crippen molar-refractivity contribution in [2.24, 2.45) is 11.8 Å². The number of tetrazole rings is 1. The molecule has 4 N–H and O–H groups in total. The number of hydrogen-bond donors (Lipinski definition) is 4. The monoisotopic (exact) mass is 749 g/mol. The van der Waals surface area contributed by atoms with Crippen molar-refractivity contribution in [2.45, 2.75) is 136 Å². The van der Waals surface area contributed by atoms with Gasteiger partial charge in [-0.3, -0.25) is 14.4 Å². The maximum absolute atomic E-state index is 14.6. The molecule has 1 aliphatic carbocycles. The number of amides is 3. The van der Waals surface area contributed by atoms with E-state index in [0.29, 0.717) is 48.9 Å². The maximum Gasteiger partial charge on any atom is 0.270 e. The van der Waals surface area contributed by atoms with Crippen LogP contribution in [0.3, 0.4) is 0 Å². The van der Waals surface area contributed by atoms with Crippen LogP contribution in [0.5, 0.6) is 0 Å². The first-order chi connectivity index (χ1) is 25.6. The van der Waals surface area contributed by atoms with Gasteiger partial charge >= 0.3 is 0 Å². The Morgan fingerprint density at radius 2 is 1.91 bits per heavy atom. The molecule has 0 spiro atoms. The fourth-order valence-corrected chi connectivity index (χ4v) is 8.50. The van der Waals surface area contributed by atoms with Crippen molar-refractivity contribution >= 4 is 29.1 Å². The van der Waals surface area contributed by atoms with Crippen molar-refractivity contribution in [1.82, 2.24) is 46.5 Å². The molecular weight excluding hydrogens is 691 g/mol. The zero-order chi connectivity index (χ0) is 37.9. The van der Waals surface area contributed by atoms with Crippen LogP contribution >= 0.6 is 11.3 Å². The molecule has 3 aromatic rings. The molecule has 7 atom stereocenters. The zero-order valence-corrected chi connectivity index (χ0v) is 33.1. The summed E-state index contributed by atoms with van der Waals surface area (Å²) >= 11 is 1.42. The number of aromatic nitrogens is 5. The van der Waals surface area contributed by atoms with Gasteiger partial charge < -0.3 is 25.6 Å². The fourth-order valence-electron chi connectivity index (χ4n) is 7.64. The van der Waals surface area contributed by atoms with E-state index in [9.17, 15) is 14.4 Å². The molecule has 53 heavy (non-hydrogen) atoms. The summed E-state index contributed by atoms with van der Waals surface area (Å²) in [6, 6.07) is 6.99. The number of aromatic amines is 1. The highest BCUT2D eigenvalue weighted by molar-refractivity contribution is 7.09. The predicted octanol–water partition coefficient (Wildman–Crippen LogP) is 5.33. The molecule has 1 aromatic carbocycles. The maximum atomic E-state index is 14.6. The van der Waals surface area contributed by atoms with Gasteiger partial charge in [0.1, 0.15) is 22.8 Å². The Kier molecular flexibility index (Phi) is 14.9. The van der Waals surface area contributed by atoms with Gasteiger partial charge in [-0.1, -0.05) is 83.9 Å². The van der Waals surface area contributed by atoms with E-state index in [4.69, 9.17) is 9.72 Å². The molecule has 1 aliphatic heterocycles. The lowest BCUT2D eigenvalue weighted by molar-refractivity contribution is -0.142. The third-order valence-electron chi connectivity index (χ3n) is 10.8. The molecular formula is C39H59N9O4S. The second kappa shape index (κ2) is 19.5. The van der Waals surface area contributed by atoms with Crippen LogP contribution in [0.1, 0.15) is 137 Å². The van der Waals surface area contributed by atoms with Crippen LogP contribution in [-0.2, 0) is 20.7 Å². The SMILES string of the molecule is CCCOC(CC(C(C)C)N(CCC)C(=O)C(NC(=O)C1CCCCN1)C(C)CC)c1nc(C(=O)NC2Cc3ccccc3C(c3nn[nH]n3)C2)cs1. The van der Waals surface area contributed by atoms with Crippen molar-refractivity contribution in [3.05, 3.63) is 57.3 Å². The molecule has 7 unspecified atom stereocenters. The first kappa shape index (κ1) is 40.4. The predicted molar refractivity (Wildman–Crippen MR) is 205 cm³/mol. The standard InChI is InChI=1S/C39H59N9O4S/c1-7-18-48(39(51)34(25(6)9-3)43-36(49)30-16-12-13-17-40-30)32(24(4)5)22-33(52-19-8-2)38-42-31(23-53-38)37(50)41-27-20-26-14-10-11-15-28(26)29(21-27)35-44-46-47-45-35/h10-11,14-15,23-25,27,29-30,32-34,40H,7-9,12-13,16-22H2,1-6H3,(H,41,50)(H,43,49)(H,44,45,46,47). The number of carbonyl (C=O) groups is 3. The van der Waals surface area contributed by atoms with E-state index in [0.717, 1.165) is 56.2 Å². The van der Waals surface area contributed by atoms with E-state index in [1.54, 1.807) is 5.38 Å². The van der Waals surface area contributed by atoms with E-state index in [1.807, 2.05) is 24.0 Å². The summed E-state index contributed by atoms with van der Waals surface area (Å²) in [4.78, 5) is 48.5. The lowest BCUT2D eigenvalue weighted by Gasteiger charge is -2.39. The molecule has 2 aliphatic rings. The number of carbonyl (C=O) groups excluding carboxylic acids is 3. The first-order valence-corrected chi connectivity index (χ1v) is 20.6. The molecule has 13 nitrogen and oxygen atoms in total. The number of benzene rings is 1. The number of rotatable bonds is 18. The Bertz CT molecular complexity index is 1610. The molecule has 0 radical (unpaired) electrons. The number of thiazole rings is 1. The quantitative estimate of drug-likeness (QED) is 0.135. The Morgan fingerprint density at radius 3 is 2.58 bits per heavy atom. The highest BCUT2D eigenvalue weighted by Crippen LogP contribution is 2.36. The van der Waals surface area contributed by atoms with Crippen LogP contribution in [0.2, 0.25) is 0 Å². The second-order valence-corrected chi connectivity index (χ2v) is 15.9. The molecule has 3 heterocycles. The largest absolute Gasteiger partial charge is 0.371 e. The van der Waals surface area contributed by atoms with Crippen molar-refractivity contribution in [3.8, 4) is 0 Å². The topological polar surface area (TPSA) is 167 Å². The van der Waals surface area contributed by atoms with Crippen LogP contribution in [0, 0.1) is 11.8 Å². The highest BCUT2D eigenvalue weighted by atomic mass is 32.1. The lowest BCUT2D eigenvalue weighted by atomic mass is 9.79. The van der Waals surface area contributed by atoms with E-state index in [2.05, 4.69) is 83.3 Å². The van der Waals surface area contributed by atoms with Crippen LogP contribution in [-0.4, -0.2) is 92.1 Å². The third-order valence-corrected chi connectivity index (χ3v) is 11.7. The van der Waals surface area contributed by atoms with Gasteiger partial charge in [0.05, 0.1) is 12.0 Å². The summed E-state index contributed by atoms with van der Waals surface area (Å²) in [7, 11) is 0. The fraction of sp³-hybridized carbons (Fsp3) is 0.667. The minimum absolute atomic E-state index is 0.0329. The van der Waals surface area contributed by atoms with Gasteiger partial charge in [-0.15, -0.1) is 21.5 Å². The molecule has 1 saturated heterocycles. The Morgan fingerprint density at radius 1 is 1.09 bits per heavy atom. The summed E-state index contributed by atoms with van der Waals surface area (Å²) in [6.07, 6.45) is 6.66. The van der Waals surface area contributed by atoms with E-state index < -0.39 is 12.1 Å². The van der Waals surface area contributed by atoms with Gasteiger partial charge in [-0.25, -0.2) is 4.98 Å². The van der Waals surface area contributed by atoms with Gasteiger partial charge in [0.15, 0.2) is 5.82 Å². The highest BCUT2D eigenvalue weighted by Gasteiger charge is 2.38. The van der Waals surface area contributed by atoms with Crippen LogP contribution in [0.25, 0.3) is 0 Å². The van der Waals surface area contributed by atoms with Gasteiger partial charge in [-0.2, -0.15) is 5.21 Å². The van der Waals surface area contributed by atoms with E-state index in [-0.39, 0.29) is 53.6 Å². The molecule has 290 valence electrons.